The average molecular weight is 270 g/mol. The van der Waals surface area contributed by atoms with E-state index in [0.29, 0.717) is 24.0 Å². The molecule has 0 saturated carbocycles. The zero-order valence-electron chi connectivity index (χ0n) is 9.35. The molecule has 3 nitrogen and oxygen atoms in total. The second kappa shape index (κ2) is 5.89. The molecule has 0 radical (unpaired) electrons. The Balaban J connectivity index is 2.12. The van der Waals surface area contributed by atoms with E-state index in [4.69, 9.17) is 21.1 Å². The summed E-state index contributed by atoms with van der Waals surface area (Å²) in [6.45, 7) is 0.444. The van der Waals surface area contributed by atoms with Gasteiger partial charge in [0.05, 0.1) is 7.11 Å². The third kappa shape index (κ3) is 3.11. The number of nitrogens with zero attached hydrogens (tertiary/aromatic N) is 1. The van der Waals surface area contributed by atoms with E-state index >= 15 is 0 Å². The lowest BCUT2D eigenvalue weighted by Gasteiger charge is -2.10. The van der Waals surface area contributed by atoms with Gasteiger partial charge < -0.3 is 9.47 Å². The molecule has 2 aromatic rings. The lowest BCUT2D eigenvalue weighted by Crippen LogP contribution is -1.97. The molecule has 90 valence electrons. The minimum atomic E-state index is 0.444. The van der Waals surface area contributed by atoms with Crippen molar-refractivity contribution < 1.29 is 9.47 Å². The average Bonchev–Trinajstić information content (AvgIpc) is 2.89. The lowest BCUT2D eigenvalue weighted by atomic mass is 10.2. The van der Waals surface area contributed by atoms with Gasteiger partial charge in [0.25, 0.3) is 0 Å². The highest BCUT2D eigenvalue weighted by molar-refractivity contribution is 7.09. The second-order valence-electron chi connectivity index (χ2n) is 3.33. The highest BCUT2D eigenvalue weighted by Crippen LogP contribution is 2.29. The van der Waals surface area contributed by atoms with Crippen LogP contribution in [0.1, 0.15) is 10.6 Å². The molecule has 0 aliphatic carbocycles. The van der Waals surface area contributed by atoms with Crippen LogP contribution in [0.25, 0.3) is 0 Å². The number of hydrogen-bond acceptors (Lipinski definition) is 4. The lowest BCUT2D eigenvalue weighted by molar-refractivity contribution is 0.284. The molecule has 1 aromatic heterocycles. The fourth-order valence-electron chi connectivity index (χ4n) is 1.38. The number of ether oxygens (including phenoxy) is 2. The molecule has 0 atom stereocenters. The number of benzene rings is 1. The van der Waals surface area contributed by atoms with Gasteiger partial charge in [-0.3, -0.25) is 0 Å². The standard InChI is InChI=1S/C12H12ClNO2S/c1-15-10-3-2-9(7-13)6-11(10)16-8-12-14-4-5-17-12/h2-6H,7-8H2,1H3. The Bertz CT molecular complexity index is 473. The van der Waals surface area contributed by atoms with Gasteiger partial charge in [0.1, 0.15) is 11.6 Å². The summed E-state index contributed by atoms with van der Waals surface area (Å²) in [6.07, 6.45) is 1.76. The molecule has 0 aliphatic heterocycles. The summed E-state index contributed by atoms with van der Waals surface area (Å²) >= 11 is 7.35. The molecule has 0 unspecified atom stereocenters. The van der Waals surface area contributed by atoms with Gasteiger partial charge in [0, 0.05) is 17.5 Å². The first-order chi connectivity index (χ1) is 8.33. The van der Waals surface area contributed by atoms with Crippen LogP contribution in [0.15, 0.2) is 29.8 Å². The van der Waals surface area contributed by atoms with Crippen molar-refractivity contribution in [3.8, 4) is 11.5 Å². The van der Waals surface area contributed by atoms with Crippen LogP contribution >= 0.6 is 22.9 Å². The summed E-state index contributed by atoms with van der Waals surface area (Å²) < 4.78 is 10.9. The highest BCUT2D eigenvalue weighted by Gasteiger charge is 2.06. The molecule has 0 saturated heterocycles. The van der Waals surface area contributed by atoms with Crippen molar-refractivity contribution in [2.75, 3.05) is 7.11 Å². The first kappa shape index (κ1) is 12.2. The predicted octanol–water partition coefficient (Wildman–Crippen LogP) is 3.47. The number of halogens is 1. The largest absolute Gasteiger partial charge is 0.493 e. The van der Waals surface area contributed by atoms with Crippen LogP contribution in [-0.4, -0.2) is 12.1 Å². The number of thiazole rings is 1. The van der Waals surface area contributed by atoms with Gasteiger partial charge in [-0.1, -0.05) is 6.07 Å². The molecule has 0 fully saturated rings. The first-order valence-corrected chi connectivity index (χ1v) is 6.49. The summed E-state index contributed by atoms with van der Waals surface area (Å²) in [4.78, 5) is 4.16. The number of rotatable bonds is 5. The monoisotopic (exact) mass is 269 g/mol. The van der Waals surface area contributed by atoms with Gasteiger partial charge in [0.2, 0.25) is 0 Å². The van der Waals surface area contributed by atoms with Crippen molar-refractivity contribution in [2.24, 2.45) is 0 Å². The summed E-state index contributed by atoms with van der Waals surface area (Å²) in [5.74, 6) is 1.86. The molecular weight excluding hydrogens is 258 g/mol. The van der Waals surface area contributed by atoms with Crippen molar-refractivity contribution in [2.45, 2.75) is 12.5 Å². The van der Waals surface area contributed by atoms with Gasteiger partial charge in [-0.2, -0.15) is 0 Å². The SMILES string of the molecule is COc1ccc(CCl)cc1OCc1nccs1. The molecule has 0 amide bonds. The minimum absolute atomic E-state index is 0.444. The second-order valence-corrected chi connectivity index (χ2v) is 4.58. The van der Waals surface area contributed by atoms with Crippen LogP contribution in [-0.2, 0) is 12.5 Å². The maximum atomic E-state index is 5.79. The Hall–Kier alpha value is -1.26. The van der Waals surface area contributed by atoms with Crippen LogP contribution in [0.4, 0.5) is 0 Å². The van der Waals surface area contributed by atoms with E-state index in [0.717, 1.165) is 10.6 Å². The van der Waals surface area contributed by atoms with Crippen LogP contribution in [0.3, 0.4) is 0 Å². The molecule has 1 aromatic carbocycles. The van der Waals surface area contributed by atoms with Crippen LogP contribution in [0, 0.1) is 0 Å². The van der Waals surface area contributed by atoms with Gasteiger partial charge in [0.15, 0.2) is 11.5 Å². The molecule has 0 N–H and O–H groups in total. The van der Waals surface area contributed by atoms with E-state index in [-0.39, 0.29) is 0 Å². The van der Waals surface area contributed by atoms with Gasteiger partial charge >= 0.3 is 0 Å². The molecule has 0 spiro atoms. The van der Waals surface area contributed by atoms with E-state index in [9.17, 15) is 0 Å². The van der Waals surface area contributed by atoms with E-state index in [2.05, 4.69) is 4.98 Å². The summed E-state index contributed by atoms with van der Waals surface area (Å²) in [5.41, 5.74) is 1.00. The Labute approximate surface area is 109 Å². The normalized spacial score (nSPS) is 10.2. The number of hydrogen-bond donors (Lipinski definition) is 0. The van der Waals surface area contributed by atoms with Crippen molar-refractivity contribution in [3.05, 3.63) is 40.3 Å². The maximum Gasteiger partial charge on any atom is 0.162 e. The predicted molar refractivity (Wildman–Crippen MR) is 69.0 cm³/mol. The summed E-state index contributed by atoms with van der Waals surface area (Å²) in [6, 6.07) is 5.66. The number of methoxy groups -OCH3 is 1. The van der Waals surface area contributed by atoms with Crippen molar-refractivity contribution in [1.82, 2.24) is 4.98 Å². The highest BCUT2D eigenvalue weighted by atomic mass is 35.5. The third-order valence-corrected chi connectivity index (χ3v) is 3.28. The van der Waals surface area contributed by atoms with E-state index in [1.807, 2.05) is 23.6 Å². The molecule has 2 rings (SSSR count). The maximum absolute atomic E-state index is 5.79. The van der Waals surface area contributed by atoms with Crippen molar-refractivity contribution in [3.63, 3.8) is 0 Å². The molecular formula is C12H12ClNO2S. The summed E-state index contributed by atoms with van der Waals surface area (Å²) in [5, 5.41) is 2.86. The van der Waals surface area contributed by atoms with Crippen LogP contribution in [0.2, 0.25) is 0 Å². The van der Waals surface area contributed by atoms with Crippen LogP contribution in [0.5, 0.6) is 11.5 Å². The number of aromatic nitrogens is 1. The summed E-state index contributed by atoms with van der Waals surface area (Å²) in [7, 11) is 1.62. The zero-order valence-corrected chi connectivity index (χ0v) is 10.9. The number of alkyl halides is 1. The Morgan fingerprint density at radius 3 is 2.88 bits per heavy atom. The molecule has 0 bridgehead atoms. The Kier molecular flexibility index (Phi) is 4.23. The first-order valence-electron chi connectivity index (χ1n) is 5.07. The van der Waals surface area contributed by atoms with Crippen molar-refractivity contribution in [1.29, 1.82) is 0 Å². The fraction of sp³-hybridized carbons (Fsp3) is 0.250. The fourth-order valence-corrected chi connectivity index (χ4v) is 2.07. The zero-order chi connectivity index (χ0) is 12.1. The van der Waals surface area contributed by atoms with Crippen LogP contribution < -0.4 is 9.47 Å². The van der Waals surface area contributed by atoms with Gasteiger partial charge in [-0.15, -0.1) is 22.9 Å². The third-order valence-electron chi connectivity index (χ3n) is 2.22. The van der Waals surface area contributed by atoms with E-state index in [1.165, 1.54) is 0 Å². The smallest absolute Gasteiger partial charge is 0.162 e. The molecule has 1 heterocycles. The molecule has 17 heavy (non-hydrogen) atoms. The quantitative estimate of drug-likeness (QED) is 0.779. The minimum Gasteiger partial charge on any atom is -0.493 e. The van der Waals surface area contributed by atoms with Gasteiger partial charge in [-0.05, 0) is 17.7 Å². The molecule has 0 aliphatic rings. The van der Waals surface area contributed by atoms with Gasteiger partial charge in [-0.25, -0.2) is 4.98 Å². The Morgan fingerprint density at radius 2 is 2.24 bits per heavy atom. The Morgan fingerprint density at radius 1 is 1.35 bits per heavy atom. The van der Waals surface area contributed by atoms with E-state index in [1.54, 1.807) is 24.6 Å². The topological polar surface area (TPSA) is 31.4 Å². The van der Waals surface area contributed by atoms with Crippen molar-refractivity contribution >= 4 is 22.9 Å². The molecule has 5 heteroatoms. The van der Waals surface area contributed by atoms with E-state index < -0.39 is 0 Å².